The Bertz CT molecular complexity index is 816. The number of nitrogens with two attached hydrogens (primary N) is 1. The van der Waals surface area contributed by atoms with E-state index >= 15 is 0 Å². The molecule has 1 aliphatic carbocycles. The molecular formula is C19H22ClN3O3. The van der Waals surface area contributed by atoms with E-state index in [0.29, 0.717) is 31.0 Å². The molecule has 1 aliphatic heterocycles. The van der Waals surface area contributed by atoms with Crippen LogP contribution in [0.25, 0.3) is 0 Å². The number of anilines is 1. The molecule has 1 unspecified atom stereocenters. The highest BCUT2D eigenvalue weighted by Gasteiger charge is 2.33. The number of nitrogens with one attached hydrogen (secondary N) is 1. The summed E-state index contributed by atoms with van der Waals surface area (Å²) < 4.78 is 5.41. The van der Waals surface area contributed by atoms with Crippen molar-refractivity contribution in [2.45, 2.75) is 31.8 Å². The number of nitrogens with zero attached hydrogens (tertiary/aromatic N) is 1. The van der Waals surface area contributed by atoms with Crippen molar-refractivity contribution in [3.05, 3.63) is 53.5 Å². The van der Waals surface area contributed by atoms with Crippen molar-refractivity contribution in [3.63, 3.8) is 0 Å². The number of para-hydroxylation sites is 1. The van der Waals surface area contributed by atoms with Gasteiger partial charge in [0.05, 0.1) is 19.2 Å². The number of benzene rings is 1. The van der Waals surface area contributed by atoms with Gasteiger partial charge in [0.1, 0.15) is 0 Å². The Morgan fingerprint density at radius 1 is 1.31 bits per heavy atom. The van der Waals surface area contributed by atoms with Crippen molar-refractivity contribution >= 4 is 29.9 Å². The summed E-state index contributed by atoms with van der Waals surface area (Å²) in [5, 5.41) is 2.97. The van der Waals surface area contributed by atoms with Crippen LogP contribution in [-0.4, -0.2) is 24.4 Å². The first-order valence-electron chi connectivity index (χ1n) is 8.63. The van der Waals surface area contributed by atoms with Crippen LogP contribution in [0.5, 0.6) is 0 Å². The normalized spacial score (nSPS) is 16.8. The summed E-state index contributed by atoms with van der Waals surface area (Å²) in [6.45, 7) is 0.746. The summed E-state index contributed by atoms with van der Waals surface area (Å²) >= 11 is 0. The van der Waals surface area contributed by atoms with Crippen LogP contribution in [0.15, 0.2) is 41.0 Å². The summed E-state index contributed by atoms with van der Waals surface area (Å²) in [4.78, 5) is 26.6. The van der Waals surface area contributed by atoms with E-state index in [1.807, 2.05) is 24.3 Å². The number of rotatable bonds is 6. The molecule has 1 aromatic carbocycles. The van der Waals surface area contributed by atoms with Crippen LogP contribution < -0.4 is 16.0 Å². The van der Waals surface area contributed by atoms with Gasteiger partial charge in [-0.1, -0.05) is 18.2 Å². The molecule has 7 heteroatoms. The summed E-state index contributed by atoms with van der Waals surface area (Å²) in [5.74, 6) is 0.504. The molecule has 26 heavy (non-hydrogen) atoms. The third-order valence-corrected chi connectivity index (χ3v) is 4.97. The van der Waals surface area contributed by atoms with Crippen molar-refractivity contribution in [2.75, 3.05) is 11.4 Å². The molecule has 2 heterocycles. The Morgan fingerprint density at radius 2 is 2.08 bits per heavy atom. The molecular weight excluding hydrogens is 354 g/mol. The van der Waals surface area contributed by atoms with Gasteiger partial charge in [0.2, 0.25) is 5.91 Å². The molecule has 0 bridgehead atoms. The summed E-state index contributed by atoms with van der Waals surface area (Å²) in [6.07, 6.45) is 4.09. The molecule has 0 radical (unpaired) electrons. The zero-order valence-corrected chi connectivity index (χ0v) is 15.1. The van der Waals surface area contributed by atoms with E-state index in [2.05, 4.69) is 5.32 Å². The molecule has 1 aromatic heterocycles. The summed E-state index contributed by atoms with van der Waals surface area (Å²) in [7, 11) is 0. The molecule has 2 aliphatic rings. The molecule has 2 amide bonds. The van der Waals surface area contributed by atoms with Gasteiger partial charge in [0.25, 0.3) is 5.91 Å². The van der Waals surface area contributed by atoms with Crippen molar-refractivity contribution in [2.24, 2.45) is 11.7 Å². The van der Waals surface area contributed by atoms with Gasteiger partial charge >= 0.3 is 0 Å². The van der Waals surface area contributed by atoms with Crippen LogP contribution in [0, 0.1) is 5.92 Å². The second-order valence-electron chi connectivity index (χ2n) is 6.71. The number of carbonyl (C=O) groups excluding carboxylic acids is 2. The Balaban J connectivity index is 0.00000196. The Kier molecular flexibility index (Phi) is 5.34. The maximum atomic E-state index is 12.6. The highest BCUT2D eigenvalue weighted by atomic mass is 35.5. The minimum absolute atomic E-state index is 0. The minimum Gasteiger partial charge on any atom is -0.459 e. The van der Waals surface area contributed by atoms with Gasteiger partial charge in [-0.2, -0.15) is 0 Å². The zero-order valence-electron chi connectivity index (χ0n) is 14.3. The van der Waals surface area contributed by atoms with Crippen molar-refractivity contribution in [1.29, 1.82) is 0 Å². The lowest BCUT2D eigenvalue weighted by Gasteiger charge is -2.18. The maximum absolute atomic E-state index is 12.6. The number of fused-ring (bicyclic) bond motifs is 1. The number of hydrogen-bond donors (Lipinski definition) is 2. The van der Waals surface area contributed by atoms with E-state index in [4.69, 9.17) is 10.2 Å². The van der Waals surface area contributed by atoms with E-state index in [1.165, 1.54) is 6.26 Å². The van der Waals surface area contributed by atoms with Gasteiger partial charge in [0, 0.05) is 23.8 Å². The number of furan rings is 1. The van der Waals surface area contributed by atoms with Gasteiger partial charge < -0.3 is 20.4 Å². The van der Waals surface area contributed by atoms with E-state index in [9.17, 15) is 9.59 Å². The lowest BCUT2D eigenvalue weighted by Crippen LogP contribution is -2.42. The SMILES string of the molecule is Cl.NCC(NC(=O)c1occc1CN1C(=O)Cc2ccccc21)C1CC1. The first-order chi connectivity index (χ1) is 12.2. The first-order valence-corrected chi connectivity index (χ1v) is 8.63. The molecule has 6 nitrogen and oxygen atoms in total. The fourth-order valence-electron chi connectivity index (χ4n) is 3.42. The molecule has 1 saturated carbocycles. The molecule has 2 aromatic rings. The summed E-state index contributed by atoms with van der Waals surface area (Å²) in [6, 6.07) is 9.46. The second kappa shape index (κ2) is 7.51. The third kappa shape index (κ3) is 3.48. The van der Waals surface area contributed by atoms with Crippen LogP contribution in [-0.2, 0) is 17.8 Å². The van der Waals surface area contributed by atoms with E-state index in [0.717, 1.165) is 24.1 Å². The topological polar surface area (TPSA) is 88.6 Å². The predicted octanol–water partition coefficient (Wildman–Crippen LogP) is 2.26. The molecule has 0 spiro atoms. The summed E-state index contributed by atoms with van der Waals surface area (Å²) in [5.41, 5.74) is 8.38. The van der Waals surface area contributed by atoms with E-state index < -0.39 is 0 Å². The highest BCUT2D eigenvalue weighted by Crippen LogP contribution is 2.33. The first kappa shape index (κ1) is 18.5. The molecule has 138 valence electrons. The molecule has 1 atom stereocenters. The van der Waals surface area contributed by atoms with Gasteiger partial charge in [-0.15, -0.1) is 12.4 Å². The molecule has 4 rings (SSSR count). The van der Waals surface area contributed by atoms with Crippen LogP contribution in [0.3, 0.4) is 0 Å². The lowest BCUT2D eigenvalue weighted by atomic mass is 10.1. The van der Waals surface area contributed by atoms with Crippen molar-refractivity contribution < 1.29 is 14.0 Å². The minimum atomic E-state index is -0.262. The maximum Gasteiger partial charge on any atom is 0.287 e. The van der Waals surface area contributed by atoms with Crippen LogP contribution in [0.2, 0.25) is 0 Å². The fourth-order valence-corrected chi connectivity index (χ4v) is 3.42. The monoisotopic (exact) mass is 375 g/mol. The number of halogens is 1. The highest BCUT2D eigenvalue weighted by molar-refractivity contribution is 6.01. The molecule has 3 N–H and O–H groups in total. The largest absolute Gasteiger partial charge is 0.459 e. The van der Waals surface area contributed by atoms with E-state index in [1.54, 1.807) is 11.0 Å². The van der Waals surface area contributed by atoms with Gasteiger partial charge in [-0.05, 0) is 36.5 Å². The third-order valence-electron chi connectivity index (χ3n) is 4.97. The van der Waals surface area contributed by atoms with Gasteiger partial charge in [-0.3, -0.25) is 9.59 Å². The lowest BCUT2D eigenvalue weighted by molar-refractivity contribution is -0.117. The predicted molar refractivity (Wildman–Crippen MR) is 100 cm³/mol. The van der Waals surface area contributed by atoms with E-state index in [-0.39, 0.29) is 36.0 Å². The Hall–Kier alpha value is -2.31. The van der Waals surface area contributed by atoms with Crippen LogP contribution in [0.1, 0.15) is 34.5 Å². The van der Waals surface area contributed by atoms with Crippen molar-refractivity contribution in [1.82, 2.24) is 5.32 Å². The zero-order chi connectivity index (χ0) is 17.4. The van der Waals surface area contributed by atoms with Crippen LogP contribution >= 0.6 is 12.4 Å². The second-order valence-corrected chi connectivity index (χ2v) is 6.71. The van der Waals surface area contributed by atoms with Gasteiger partial charge in [0.15, 0.2) is 5.76 Å². The fraction of sp³-hybridized carbons (Fsp3) is 0.368. The number of hydrogen-bond acceptors (Lipinski definition) is 4. The standard InChI is InChI=1S/C19H21N3O3.ClH/c20-10-15(12-5-6-12)21-19(24)18-14(7-8-25-18)11-22-16-4-2-1-3-13(16)9-17(22)23;/h1-4,7-8,12,15H,5-6,9-11,20H2,(H,21,24);1H. The number of carbonyl (C=O) groups is 2. The average molecular weight is 376 g/mol. The quantitative estimate of drug-likeness (QED) is 0.810. The van der Waals surface area contributed by atoms with Crippen molar-refractivity contribution in [3.8, 4) is 0 Å². The molecule has 1 fully saturated rings. The average Bonchev–Trinajstić information content (AvgIpc) is 3.27. The Morgan fingerprint density at radius 3 is 2.81 bits per heavy atom. The molecule has 0 saturated heterocycles. The number of amides is 2. The van der Waals surface area contributed by atoms with Crippen LogP contribution in [0.4, 0.5) is 5.69 Å². The van der Waals surface area contributed by atoms with Gasteiger partial charge in [-0.25, -0.2) is 0 Å². The smallest absolute Gasteiger partial charge is 0.287 e. The Labute approximate surface area is 158 Å².